The third kappa shape index (κ3) is 3.91. The zero-order valence-corrected chi connectivity index (χ0v) is 16.9. The van der Waals surface area contributed by atoms with Crippen LogP contribution in [0.2, 0.25) is 0 Å². The van der Waals surface area contributed by atoms with Crippen molar-refractivity contribution >= 4 is 28.4 Å². The van der Waals surface area contributed by atoms with E-state index in [2.05, 4.69) is 19.7 Å². The Morgan fingerprint density at radius 2 is 1.83 bits per heavy atom. The van der Waals surface area contributed by atoms with E-state index in [-0.39, 0.29) is 0 Å². The van der Waals surface area contributed by atoms with Crippen molar-refractivity contribution in [2.24, 2.45) is 0 Å². The van der Waals surface area contributed by atoms with E-state index in [9.17, 15) is 4.79 Å². The molecule has 0 bridgehead atoms. The molecule has 0 spiro atoms. The zero-order chi connectivity index (χ0) is 21.1. The Hall–Kier alpha value is -4.00. The average Bonchev–Trinajstić information content (AvgIpc) is 2.78. The van der Waals surface area contributed by atoms with Crippen LogP contribution in [-0.2, 0) is 4.74 Å². The third-order valence-corrected chi connectivity index (χ3v) is 4.60. The van der Waals surface area contributed by atoms with Crippen LogP contribution in [0.15, 0.2) is 66.9 Å². The van der Waals surface area contributed by atoms with E-state index in [1.165, 1.54) is 13.3 Å². The van der Waals surface area contributed by atoms with Gasteiger partial charge in [0.1, 0.15) is 17.4 Å². The number of fused-ring (bicyclic) bond motifs is 1. The lowest BCUT2D eigenvalue weighted by Gasteiger charge is -2.21. The Labute approximate surface area is 173 Å². The van der Waals surface area contributed by atoms with Crippen LogP contribution in [0.4, 0.5) is 11.5 Å². The molecule has 2 heterocycles. The predicted octanol–water partition coefficient (Wildman–Crippen LogP) is 4.68. The van der Waals surface area contributed by atoms with Gasteiger partial charge in [0.15, 0.2) is 0 Å². The van der Waals surface area contributed by atoms with E-state index in [0.29, 0.717) is 23.0 Å². The first-order valence-corrected chi connectivity index (χ1v) is 9.34. The van der Waals surface area contributed by atoms with E-state index >= 15 is 0 Å². The number of ether oxygens (including phenoxy) is 2. The van der Waals surface area contributed by atoms with Gasteiger partial charge in [0.2, 0.25) is 5.88 Å². The van der Waals surface area contributed by atoms with Gasteiger partial charge in [0.25, 0.3) is 0 Å². The van der Waals surface area contributed by atoms with Crippen molar-refractivity contribution in [1.82, 2.24) is 15.0 Å². The summed E-state index contributed by atoms with van der Waals surface area (Å²) >= 11 is 0. The average molecular weight is 400 g/mol. The molecule has 0 saturated carbocycles. The van der Waals surface area contributed by atoms with Crippen molar-refractivity contribution in [3.8, 4) is 11.6 Å². The summed E-state index contributed by atoms with van der Waals surface area (Å²) < 4.78 is 10.5. The number of methoxy groups -OCH3 is 1. The number of benzene rings is 2. The maximum absolute atomic E-state index is 11.5. The second-order valence-corrected chi connectivity index (χ2v) is 6.65. The number of carbonyl (C=O) groups excluding carboxylic acids is 1. The lowest BCUT2D eigenvalue weighted by atomic mass is 10.2. The second-order valence-electron chi connectivity index (χ2n) is 6.65. The van der Waals surface area contributed by atoms with Gasteiger partial charge in [0, 0.05) is 36.5 Å². The van der Waals surface area contributed by atoms with Crippen molar-refractivity contribution in [2.45, 2.75) is 6.92 Å². The van der Waals surface area contributed by atoms with Gasteiger partial charge in [0.05, 0.1) is 18.2 Å². The van der Waals surface area contributed by atoms with Crippen LogP contribution >= 0.6 is 0 Å². The molecule has 4 rings (SSSR count). The first-order valence-electron chi connectivity index (χ1n) is 9.34. The number of para-hydroxylation sites is 1. The van der Waals surface area contributed by atoms with Crippen LogP contribution in [0.3, 0.4) is 0 Å². The molecule has 150 valence electrons. The van der Waals surface area contributed by atoms with Gasteiger partial charge >= 0.3 is 5.97 Å². The van der Waals surface area contributed by atoms with Crippen LogP contribution in [0.5, 0.6) is 11.6 Å². The van der Waals surface area contributed by atoms with E-state index in [4.69, 9.17) is 4.74 Å². The van der Waals surface area contributed by atoms with Crippen LogP contribution in [0.1, 0.15) is 16.2 Å². The first kappa shape index (κ1) is 19.3. The van der Waals surface area contributed by atoms with E-state index < -0.39 is 5.97 Å². The minimum absolute atomic E-state index is 0.365. The van der Waals surface area contributed by atoms with Gasteiger partial charge in [-0.05, 0) is 37.3 Å². The molecule has 7 heteroatoms. The van der Waals surface area contributed by atoms with Gasteiger partial charge in [-0.1, -0.05) is 18.2 Å². The fraction of sp³-hybridized carbons (Fsp3) is 0.130. The largest absolute Gasteiger partial charge is 0.465 e. The quantitative estimate of drug-likeness (QED) is 0.450. The van der Waals surface area contributed by atoms with Gasteiger partial charge < -0.3 is 14.4 Å². The lowest BCUT2D eigenvalue weighted by molar-refractivity contribution is 0.0600. The van der Waals surface area contributed by atoms with Crippen molar-refractivity contribution in [1.29, 1.82) is 0 Å². The van der Waals surface area contributed by atoms with E-state index in [1.807, 2.05) is 67.4 Å². The number of hydrogen-bond acceptors (Lipinski definition) is 7. The molecule has 0 saturated heterocycles. The maximum Gasteiger partial charge on any atom is 0.339 e. The summed E-state index contributed by atoms with van der Waals surface area (Å²) in [5.74, 6) is 2.08. The fourth-order valence-electron chi connectivity index (χ4n) is 3.11. The highest BCUT2D eigenvalue weighted by Gasteiger charge is 2.13. The van der Waals surface area contributed by atoms with Gasteiger partial charge in [-0.15, -0.1) is 0 Å². The molecule has 0 radical (unpaired) electrons. The Morgan fingerprint density at radius 1 is 1.00 bits per heavy atom. The molecule has 0 aliphatic carbocycles. The predicted molar refractivity (Wildman–Crippen MR) is 114 cm³/mol. The fourth-order valence-corrected chi connectivity index (χ4v) is 3.11. The van der Waals surface area contributed by atoms with Crippen molar-refractivity contribution < 1.29 is 14.3 Å². The molecule has 30 heavy (non-hydrogen) atoms. The molecule has 0 fully saturated rings. The lowest BCUT2D eigenvalue weighted by Crippen LogP contribution is -2.13. The smallest absolute Gasteiger partial charge is 0.339 e. The number of esters is 1. The number of rotatable bonds is 5. The summed E-state index contributed by atoms with van der Waals surface area (Å²) in [5, 5.41) is 0.969. The molecule has 0 aliphatic heterocycles. The molecule has 4 aromatic rings. The molecular weight excluding hydrogens is 380 g/mol. The minimum atomic E-state index is -0.440. The standard InChI is InChI=1S/C23H20N4O3/c1-15-25-20-10-5-4-9-19(20)22(26-15)27(2)17-7-6-8-18(13-17)30-21-12-11-16(14-24-21)23(28)29-3/h4-14H,1-3H3. The van der Waals surface area contributed by atoms with Gasteiger partial charge in [-0.25, -0.2) is 19.7 Å². The summed E-state index contributed by atoms with van der Waals surface area (Å²) in [6.07, 6.45) is 1.42. The molecule has 2 aromatic carbocycles. The Morgan fingerprint density at radius 3 is 2.60 bits per heavy atom. The summed E-state index contributed by atoms with van der Waals surface area (Å²) in [6, 6.07) is 18.8. The topological polar surface area (TPSA) is 77.4 Å². The molecule has 0 N–H and O–H groups in total. The van der Waals surface area contributed by atoms with Gasteiger partial charge in [-0.2, -0.15) is 0 Å². The molecule has 0 amide bonds. The zero-order valence-electron chi connectivity index (χ0n) is 16.9. The summed E-state index contributed by atoms with van der Waals surface area (Å²) in [4.78, 5) is 26.9. The minimum Gasteiger partial charge on any atom is -0.465 e. The monoisotopic (exact) mass is 400 g/mol. The van der Waals surface area contributed by atoms with Crippen LogP contribution < -0.4 is 9.64 Å². The molecular formula is C23H20N4O3. The van der Waals surface area contributed by atoms with Crippen molar-refractivity contribution in [2.75, 3.05) is 19.1 Å². The highest BCUT2D eigenvalue weighted by Crippen LogP contribution is 2.31. The normalized spacial score (nSPS) is 10.6. The van der Waals surface area contributed by atoms with Crippen molar-refractivity contribution in [3.05, 3.63) is 78.2 Å². The highest BCUT2D eigenvalue weighted by atomic mass is 16.5. The number of aromatic nitrogens is 3. The molecule has 2 aromatic heterocycles. The number of anilines is 2. The van der Waals surface area contributed by atoms with Gasteiger partial charge in [-0.3, -0.25) is 0 Å². The first-order chi connectivity index (χ1) is 14.5. The molecule has 0 aliphatic rings. The molecule has 0 unspecified atom stereocenters. The number of aryl methyl sites for hydroxylation is 1. The summed E-state index contributed by atoms with van der Waals surface area (Å²) in [6.45, 7) is 1.88. The Balaban J connectivity index is 1.62. The van der Waals surface area contributed by atoms with Crippen LogP contribution in [-0.4, -0.2) is 35.1 Å². The Bertz CT molecular complexity index is 1210. The number of nitrogens with zero attached hydrogens (tertiary/aromatic N) is 4. The van der Waals surface area contributed by atoms with E-state index in [0.717, 1.165) is 22.4 Å². The summed E-state index contributed by atoms with van der Waals surface area (Å²) in [7, 11) is 3.29. The van der Waals surface area contributed by atoms with E-state index in [1.54, 1.807) is 12.1 Å². The SMILES string of the molecule is COC(=O)c1ccc(Oc2cccc(N(C)c3nc(C)nc4ccccc34)c2)nc1. The molecule has 0 atom stereocenters. The third-order valence-electron chi connectivity index (χ3n) is 4.60. The second kappa shape index (κ2) is 8.16. The Kier molecular flexibility index (Phi) is 5.26. The number of carbonyl (C=O) groups is 1. The summed E-state index contributed by atoms with van der Waals surface area (Å²) in [5.41, 5.74) is 2.17. The molecule has 7 nitrogen and oxygen atoms in total. The van der Waals surface area contributed by atoms with Crippen LogP contribution in [0, 0.1) is 6.92 Å². The number of hydrogen-bond donors (Lipinski definition) is 0. The maximum atomic E-state index is 11.5. The van der Waals surface area contributed by atoms with Crippen LogP contribution in [0.25, 0.3) is 10.9 Å². The highest BCUT2D eigenvalue weighted by molar-refractivity contribution is 5.91. The van der Waals surface area contributed by atoms with Crippen molar-refractivity contribution in [3.63, 3.8) is 0 Å². The number of pyridine rings is 1.